The minimum atomic E-state index is -4.42. The number of carbonyl (C=O) groups excluding carboxylic acids is 4. The molecule has 50 heavy (non-hydrogen) atoms. The number of amides is 4. The van der Waals surface area contributed by atoms with Crippen molar-refractivity contribution < 1.29 is 46.0 Å². The Kier molecular flexibility index (Phi) is 9.77. The van der Waals surface area contributed by atoms with E-state index in [9.17, 15) is 27.6 Å². The minimum Gasteiger partial charge on any atom is -0.497 e. The van der Waals surface area contributed by atoms with Crippen LogP contribution < -0.4 is 24.8 Å². The van der Waals surface area contributed by atoms with Crippen LogP contribution >= 0.6 is 0 Å². The molecule has 0 radical (unpaired) electrons. The van der Waals surface area contributed by atoms with E-state index < -0.39 is 74.5 Å². The van der Waals surface area contributed by atoms with Crippen LogP contribution in [0.15, 0.2) is 30.5 Å². The summed E-state index contributed by atoms with van der Waals surface area (Å²) in [5.74, 6) is -1.23. The SMILES string of the molecule is COc1ccc2c(O[C@@H]3C[C@@H](C(=O)NC4(C(=O)NS(=O)(=O)OC5(C)CC5)CC4)N(C(=O)[C@@H](NC(=O)OC(C)(C)C)C(C)(C)C)C3)nccc2c1. The molecule has 3 fully saturated rings. The number of pyridine rings is 1. The summed E-state index contributed by atoms with van der Waals surface area (Å²) >= 11 is 0. The fourth-order valence-corrected chi connectivity index (χ4v) is 6.89. The molecular formula is C34H47N5O10S. The van der Waals surface area contributed by atoms with E-state index in [1.165, 1.54) is 4.90 Å². The molecule has 3 aliphatic rings. The molecule has 2 heterocycles. The zero-order valence-corrected chi connectivity index (χ0v) is 30.6. The second-order valence-electron chi connectivity index (χ2n) is 15.6. The van der Waals surface area contributed by atoms with Crippen LogP contribution in [0, 0.1) is 5.41 Å². The fourth-order valence-electron chi connectivity index (χ4n) is 5.73. The lowest BCUT2D eigenvalue weighted by Gasteiger charge is -2.36. The van der Waals surface area contributed by atoms with Gasteiger partial charge in [-0.25, -0.2) is 18.7 Å². The molecule has 1 saturated heterocycles. The molecule has 274 valence electrons. The first-order chi connectivity index (χ1) is 23.1. The zero-order valence-electron chi connectivity index (χ0n) is 29.7. The molecule has 3 N–H and O–H groups in total. The highest BCUT2D eigenvalue weighted by Crippen LogP contribution is 2.41. The number of likely N-dealkylation sites (tertiary alicyclic amines) is 1. The normalized spacial score (nSPS) is 21.5. The molecule has 0 unspecified atom stereocenters. The van der Waals surface area contributed by atoms with E-state index in [1.54, 1.807) is 80.0 Å². The number of hydrogen-bond donors (Lipinski definition) is 3. The quantitative estimate of drug-likeness (QED) is 0.310. The Labute approximate surface area is 292 Å². The van der Waals surface area contributed by atoms with Crippen LogP contribution in [0.2, 0.25) is 0 Å². The Morgan fingerprint density at radius 3 is 2.28 bits per heavy atom. The van der Waals surface area contributed by atoms with E-state index in [2.05, 4.69) is 15.6 Å². The average molecular weight is 718 g/mol. The van der Waals surface area contributed by atoms with Crippen molar-refractivity contribution in [3.05, 3.63) is 30.5 Å². The van der Waals surface area contributed by atoms with E-state index >= 15 is 0 Å². The molecule has 3 atom stereocenters. The van der Waals surface area contributed by atoms with Crippen molar-refractivity contribution in [2.45, 2.75) is 115 Å². The van der Waals surface area contributed by atoms with Crippen LogP contribution in [0.3, 0.4) is 0 Å². The lowest BCUT2D eigenvalue weighted by Crippen LogP contribution is -2.60. The number of nitrogens with one attached hydrogen (secondary N) is 3. The summed E-state index contributed by atoms with van der Waals surface area (Å²) in [6.45, 7) is 12.0. The molecule has 1 aromatic heterocycles. The monoisotopic (exact) mass is 717 g/mol. The summed E-state index contributed by atoms with van der Waals surface area (Å²) in [6, 6.07) is 4.95. The van der Waals surface area contributed by atoms with Gasteiger partial charge in [-0.15, -0.1) is 0 Å². The van der Waals surface area contributed by atoms with E-state index in [1.807, 2.05) is 10.8 Å². The number of rotatable bonds is 11. The number of nitrogens with zero attached hydrogens (tertiary/aromatic N) is 2. The van der Waals surface area contributed by atoms with Crippen molar-refractivity contribution in [1.29, 1.82) is 0 Å². The highest BCUT2D eigenvalue weighted by Gasteiger charge is 2.55. The van der Waals surface area contributed by atoms with Gasteiger partial charge in [-0.1, -0.05) is 20.8 Å². The van der Waals surface area contributed by atoms with Gasteiger partial charge in [0.05, 0.1) is 19.3 Å². The summed E-state index contributed by atoms with van der Waals surface area (Å²) in [4.78, 5) is 60.2. The first kappa shape index (κ1) is 37.1. The fraction of sp³-hybridized carbons (Fsp3) is 0.618. The summed E-state index contributed by atoms with van der Waals surface area (Å²) in [7, 11) is -2.85. The Balaban J connectivity index is 1.40. The number of methoxy groups -OCH3 is 1. The van der Waals surface area contributed by atoms with E-state index in [0.29, 0.717) is 24.0 Å². The first-order valence-electron chi connectivity index (χ1n) is 16.6. The smallest absolute Gasteiger partial charge is 0.408 e. The predicted octanol–water partition coefficient (Wildman–Crippen LogP) is 3.11. The standard InChI is InChI=1S/C34H47N5O10S/c1-31(2,3)25(36-30(43)48-32(4,5)6)28(41)39-19-22(47-27-23-10-9-21(46-8)17-20(23)11-16-35-27)18-24(39)26(40)37-34(14-15-34)29(42)38-50(44,45)49-33(7)12-13-33/h9-11,16-17,22,24-25H,12-15,18-19H2,1-8H3,(H,36,43)(H,37,40)(H,38,42)/t22-,24+,25-/m1/s1. The number of aromatic nitrogens is 1. The Morgan fingerprint density at radius 2 is 1.70 bits per heavy atom. The maximum Gasteiger partial charge on any atom is 0.408 e. The molecule has 0 spiro atoms. The summed E-state index contributed by atoms with van der Waals surface area (Å²) < 4.78 is 49.3. The first-order valence-corrected chi connectivity index (χ1v) is 18.0. The van der Waals surface area contributed by atoms with Crippen LogP contribution in [0.1, 0.15) is 80.6 Å². The lowest BCUT2D eigenvalue weighted by atomic mass is 9.85. The predicted molar refractivity (Wildman–Crippen MR) is 181 cm³/mol. The lowest BCUT2D eigenvalue weighted by molar-refractivity contribution is -0.143. The molecule has 2 saturated carbocycles. The van der Waals surface area contributed by atoms with Crippen molar-refractivity contribution >= 4 is 44.9 Å². The number of benzene rings is 1. The second kappa shape index (κ2) is 13.2. The third kappa shape index (κ3) is 8.75. The van der Waals surface area contributed by atoms with Gasteiger partial charge in [0.25, 0.3) is 5.91 Å². The molecule has 16 heteroatoms. The number of carbonyl (C=O) groups is 4. The third-order valence-electron chi connectivity index (χ3n) is 8.87. The number of fused-ring (bicyclic) bond motifs is 1. The molecule has 4 amide bonds. The summed E-state index contributed by atoms with van der Waals surface area (Å²) in [5, 5.41) is 6.89. The van der Waals surface area contributed by atoms with Crippen LogP contribution in [0.5, 0.6) is 11.6 Å². The second-order valence-corrected chi connectivity index (χ2v) is 16.9. The van der Waals surface area contributed by atoms with Gasteiger partial charge in [-0.05, 0) is 88.4 Å². The number of hydrogen-bond acceptors (Lipinski definition) is 11. The molecule has 0 bridgehead atoms. The largest absolute Gasteiger partial charge is 0.497 e. The molecule has 5 rings (SSSR count). The maximum absolute atomic E-state index is 14.3. The topological polar surface area (TPSA) is 192 Å². The molecule has 2 aromatic rings. The Bertz CT molecular complexity index is 1780. The van der Waals surface area contributed by atoms with Crippen molar-refractivity contribution in [1.82, 2.24) is 25.2 Å². The van der Waals surface area contributed by atoms with Gasteiger partial charge >= 0.3 is 16.4 Å². The van der Waals surface area contributed by atoms with Gasteiger partial charge in [0.1, 0.15) is 35.1 Å². The zero-order chi connectivity index (χ0) is 36.9. The van der Waals surface area contributed by atoms with E-state index in [4.69, 9.17) is 18.4 Å². The molecule has 15 nitrogen and oxygen atoms in total. The molecular weight excluding hydrogens is 670 g/mol. The van der Waals surface area contributed by atoms with Crippen LogP contribution in [-0.4, -0.2) is 90.7 Å². The van der Waals surface area contributed by atoms with Crippen LogP contribution in [0.25, 0.3) is 10.8 Å². The van der Waals surface area contributed by atoms with Crippen molar-refractivity contribution in [2.24, 2.45) is 5.41 Å². The van der Waals surface area contributed by atoms with Gasteiger partial charge in [-0.2, -0.15) is 8.42 Å². The van der Waals surface area contributed by atoms with Gasteiger partial charge < -0.3 is 29.7 Å². The van der Waals surface area contributed by atoms with Gasteiger partial charge in [-0.3, -0.25) is 14.4 Å². The van der Waals surface area contributed by atoms with Crippen molar-refractivity contribution in [2.75, 3.05) is 13.7 Å². The Hall–Kier alpha value is -4.18. The average Bonchev–Trinajstić information content (AvgIpc) is 3.89. The third-order valence-corrected chi connectivity index (χ3v) is 9.92. The van der Waals surface area contributed by atoms with Gasteiger partial charge in [0.15, 0.2) is 0 Å². The van der Waals surface area contributed by atoms with Crippen LogP contribution in [0.4, 0.5) is 4.79 Å². The number of ether oxygens (including phenoxy) is 3. The Morgan fingerprint density at radius 1 is 1.02 bits per heavy atom. The summed E-state index contributed by atoms with van der Waals surface area (Å²) in [6.07, 6.45) is 1.54. The molecule has 1 aromatic carbocycles. The van der Waals surface area contributed by atoms with Gasteiger partial charge in [0.2, 0.25) is 17.7 Å². The summed E-state index contributed by atoms with van der Waals surface area (Å²) in [5.41, 5.74) is -3.99. The van der Waals surface area contributed by atoms with Crippen LogP contribution in [-0.2, 0) is 33.6 Å². The van der Waals surface area contributed by atoms with Gasteiger partial charge in [0, 0.05) is 18.0 Å². The maximum atomic E-state index is 14.3. The molecule has 1 aliphatic heterocycles. The molecule has 2 aliphatic carbocycles. The highest BCUT2D eigenvalue weighted by molar-refractivity contribution is 7.85. The minimum absolute atomic E-state index is 0.0204. The van der Waals surface area contributed by atoms with E-state index in [-0.39, 0.29) is 31.7 Å². The highest BCUT2D eigenvalue weighted by atomic mass is 32.2. The number of alkyl carbamates (subject to hydrolysis) is 1. The van der Waals surface area contributed by atoms with E-state index in [0.717, 1.165) is 5.39 Å². The van der Waals surface area contributed by atoms with Crippen molar-refractivity contribution in [3.8, 4) is 11.6 Å². The van der Waals surface area contributed by atoms with Crippen molar-refractivity contribution in [3.63, 3.8) is 0 Å².